The Balaban J connectivity index is 2.65. The van der Waals surface area contributed by atoms with Gasteiger partial charge in [-0.1, -0.05) is 17.7 Å². The van der Waals surface area contributed by atoms with Crippen LogP contribution in [0.5, 0.6) is 0 Å². The minimum atomic E-state index is -1.05. The monoisotopic (exact) mass is 316 g/mol. The lowest BCUT2D eigenvalue weighted by Gasteiger charge is -2.15. The molecule has 1 atom stereocenters. The zero-order chi connectivity index (χ0) is 15.1. The summed E-state index contributed by atoms with van der Waals surface area (Å²) in [5, 5.41) is 14.4. The number of urea groups is 1. The molecule has 0 fully saturated rings. The molecule has 3 N–H and O–H groups in total. The van der Waals surface area contributed by atoms with E-state index in [4.69, 9.17) is 16.7 Å². The molecule has 0 saturated heterocycles. The number of thioether (sulfide) groups is 1. The van der Waals surface area contributed by atoms with Crippen LogP contribution < -0.4 is 10.6 Å². The predicted molar refractivity (Wildman–Crippen MR) is 82.8 cm³/mol. The minimum Gasteiger partial charge on any atom is -0.480 e. The molecule has 0 bridgehead atoms. The van der Waals surface area contributed by atoms with Crippen LogP contribution in [-0.2, 0) is 4.79 Å². The predicted octanol–water partition coefficient (Wildman–Crippen LogP) is 2.98. The normalized spacial score (nSPS) is 11.8. The van der Waals surface area contributed by atoms with Gasteiger partial charge >= 0.3 is 12.0 Å². The van der Waals surface area contributed by atoms with Crippen molar-refractivity contribution in [3.8, 4) is 0 Å². The molecule has 110 valence electrons. The number of benzene rings is 1. The van der Waals surface area contributed by atoms with Crippen LogP contribution >= 0.6 is 23.4 Å². The maximum atomic E-state index is 11.8. The molecule has 1 aromatic carbocycles. The largest absolute Gasteiger partial charge is 0.480 e. The average molecular weight is 317 g/mol. The van der Waals surface area contributed by atoms with Crippen molar-refractivity contribution in [2.45, 2.75) is 19.4 Å². The van der Waals surface area contributed by atoms with Gasteiger partial charge in [0.25, 0.3) is 0 Å². The van der Waals surface area contributed by atoms with E-state index in [9.17, 15) is 9.59 Å². The number of anilines is 1. The molecule has 1 aromatic rings. The Bertz CT molecular complexity index is 497. The molecule has 0 aliphatic rings. The van der Waals surface area contributed by atoms with Gasteiger partial charge in [0.2, 0.25) is 0 Å². The summed E-state index contributed by atoms with van der Waals surface area (Å²) in [5.74, 6) is -0.396. The number of carbonyl (C=O) groups is 2. The third-order valence-electron chi connectivity index (χ3n) is 2.58. The van der Waals surface area contributed by atoms with E-state index in [1.165, 1.54) is 11.8 Å². The van der Waals surface area contributed by atoms with Gasteiger partial charge < -0.3 is 15.7 Å². The van der Waals surface area contributed by atoms with Crippen molar-refractivity contribution < 1.29 is 14.7 Å². The van der Waals surface area contributed by atoms with E-state index in [0.29, 0.717) is 22.9 Å². The third-order valence-corrected chi connectivity index (χ3v) is 3.56. The second-order valence-corrected chi connectivity index (χ2v) is 5.65. The van der Waals surface area contributed by atoms with E-state index in [-0.39, 0.29) is 0 Å². The average Bonchev–Trinajstić information content (AvgIpc) is 2.38. The van der Waals surface area contributed by atoms with Gasteiger partial charge in [-0.25, -0.2) is 9.59 Å². The highest BCUT2D eigenvalue weighted by molar-refractivity contribution is 7.98. The molecule has 5 nitrogen and oxygen atoms in total. The van der Waals surface area contributed by atoms with Crippen LogP contribution in [0.1, 0.15) is 12.0 Å². The number of aliphatic carboxylic acids is 1. The van der Waals surface area contributed by atoms with E-state index in [1.54, 1.807) is 12.1 Å². The molecule has 1 rings (SSSR count). The number of nitrogens with one attached hydrogen (secondary N) is 2. The van der Waals surface area contributed by atoms with E-state index >= 15 is 0 Å². The van der Waals surface area contributed by atoms with Crippen LogP contribution in [-0.4, -0.2) is 35.2 Å². The molecule has 0 aromatic heterocycles. The molecule has 0 radical (unpaired) electrons. The lowest BCUT2D eigenvalue weighted by molar-refractivity contribution is -0.139. The minimum absolute atomic E-state index is 0.367. The lowest BCUT2D eigenvalue weighted by atomic mass is 10.2. The molecule has 20 heavy (non-hydrogen) atoms. The van der Waals surface area contributed by atoms with Crippen molar-refractivity contribution >= 4 is 41.1 Å². The van der Waals surface area contributed by atoms with Crippen molar-refractivity contribution in [2.24, 2.45) is 0 Å². The quantitative estimate of drug-likeness (QED) is 0.754. The SMILES string of the molecule is CSCCC(NC(=O)Nc1cc(C)ccc1Cl)C(=O)O. The van der Waals surface area contributed by atoms with Gasteiger partial charge in [0.1, 0.15) is 6.04 Å². The van der Waals surface area contributed by atoms with Crippen LogP contribution in [0.3, 0.4) is 0 Å². The van der Waals surface area contributed by atoms with Gasteiger partial charge in [-0.3, -0.25) is 0 Å². The maximum Gasteiger partial charge on any atom is 0.326 e. The van der Waals surface area contributed by atoms with Crippen LogP contribution in [0.2, 0.25) is 5.02 Å². The molecule has 0 saturated carbocycles. The lowest BCUT2D eigenvalue weighted by Crippen LogP contribution is -2.43. The maximum absolute atomic E-state index is 11.8. The van der Waals surface area contributed by atoms with E-state index in [1.807, 2.05) is 19.2 Å². The van der Waals surface area contributed by atoms with Crippen LogP contribution in [0.15, 0.2) is 18.2 Å². The van der Waals surface area contributed by atoms with Crippen molar-refractivity contribution in [1.29, 1.82) is 0 Å². The van der Waals surface area contributed by atoms with Gasteiger partial charge in [-0.2, -0.15) is 11.8 Å². The summed E-state index contributed by atoms with van der Waals surface area (Å²) in [7, 11) is 0. The molecule has 0 spiro atoms. The van der Waals surface area contributed by atoms with Gasteiger partial charge in [-0.05, 0) is 43.0 Å². The molecular weight excluding hydrogens is 300 g/mol. The first kappa shape index (κ1) is 16.7. The number of halogens is 1. The number of carboxylic acid groups (broad SMARTS) is 1. The Kier molecular flexibility index (Phi) is 6.67. The number of hydrogen-bond donors (Lipinski definition) is 3. The first-order chi connectivity index (χ1) is 9.43. The van der Waals surface area contributed by atoms with Crippen molar-refractivity contribution in [2.75, 3.05) is 17.3 Å². The molecule has 0 heterocycles. The third kappa shape index (κ3) is 5.30. The second-order valence-electron chi connectivity index (χ2n) is 4.25. The summed E-state index contributed by atoms with van der Waals surface area (Å²) < 4.78 is 0. The molecule has 0 aliphatic heterocycles. The highest BCUT2D eigenvalue weighted by atomic mass is 35.5. The molecular formula is C13H17ClN2O3S. The Morgan fingerprint density at radius 2 is 2.15 bits per heavy atom. The zero-order valence-electron chi connectivity index (χ0n) is 11.3. The van der Waals surface area contributed by atoms with Crippen molar-refractivity contribution in [3.63, 3.8) is 0 Å². The molecule has 7 heteroatoms. The summed E-state index contributed by atoms with van der Waals surface area (Å²) >= 11 is 7.49. The standard InChI is InChI=1S/C13H17ClN2O3S/c1-8-3-4-9(14)11(7-8)16-13(19)15-10(12(17)18)5-6-20-2/h3-4,7,10H,5-6H2,1-2H3,(H,17,18)(H2,15,16,19). The highest BCUT2D eigenvalue weighted by Gasteiger charge is 2.19. The highest BCUT2D eigenvalue weighted by Crippen LogP contribution is 2.22. The zero-order valence-corrected chi connectivity index (χ0v) is 12.8. The topological polar surface area (TPSA) is 78.4 Å². The Morgan fingerprint density at radius 3 is 2.75 bits per heavy atom. The van der Waals surface area contributed by atoms with Gasteiger partial charge in [0.15, 0.2) is 0 Å². The summed E-state index contributed by atoms with van der Waals surface area (Å²) in [6.07, 6.45) is 2.25. The molecule has 1 unspecified atom stereocenters. The fourth-order valence-corrected chi connectivity index (χ4v) is 2.18. The summed E-state index contributed by atoms with van der Waals surface area (Å²) in [6.45, 7) is 1.87. The number of carbonyl (C=O) groups excluding carboxylic acids is 1. The fourth-order valence-electron chi connectivity index (χ4n) is 1.54. The molecule has 0 aliphatic carbocycles. The number of aryl methyl sites for hydroxylation is 1. The smallest absolute Gasteiger partial charge is 0.326 e. The Morgan fingerprint density at radius 1 is 1.45 bits per heavy atom. The number of amides is 2. The second kappa shape index (κ2) is 8.01. The Labute approximate surface area is 127 Å². The first-order valence-corrected chi connectivity index (χ1v) is 7.76. The van der Waals surface area contributed by atoms with Crippen molar-refractivity contribution in [3.05, 3.63) is 28.8 Å². The van der Waals surface area contributed by atoms with E-state index in [0.717, 1.165) is 5.56 Å². The van der Waals surface area contributed by atoms with E-state index in [2.05, 4.69) is 10.6 Å². The van der Waals surface area contributed by atoms with Crippen LogP contribution in [0.4, 0.5) is 10.5 Å². The fraction of sp³-hybridized carbons (Fsp3) is 0.385. The van der Waals surface area contributed by atoms with Gasteiger partial charge in [0.05, 0.1) is 10.7 Å². The first-order valence-electron chi connectivity index (χ1n) is 5.99. The molecule has 2 amide bonds. The number of hydrogen-bond acceptors (Lipinski definition) is 3. The Hall–Kier alpha value is -1.40. The van der Waals surface area contributed by atoms with E-state index < -0.39 is 18.0 Å². The van der Waals surface area contributed by atoms with Crippen LogP contribution in [0.25, 0.3) is 0 Å². The summed E-state index contributed by atoms with van der Waals surface area (Å²) in [5.41, 5.74) is 1.40. The van der Waals surface area contributed by atoms with Crippen LogP contribution in [0, 0.1) is 6.92 Å². The summed E-state index contributed by atoms with van der Waals surface area (Å²) in [4.78, 5) is 22.8. The van der Waals surface area contributed by atoms with Gasteiger partial charge in [-0.15, -0.1) is 0 Å². The van der Waals surface area contributed by atoms with Gasteiger partial charge in [0, 0.05) is 0 Å². The summed E-state index contributed by atoms with van der Waals surface area (Å²) in [6, 6.07) is 3.73. The number of carboxylic acids is 1. The number of rotatable bonds is 6. The van der Waals surface area contributed by atoms with Crippen molar-refractivity contribution in [1.82, 2.24) is 5.32 Å².